The average molecular weight is 290 g/mol. The van der Waals surface area contributed by atoms with Gasteiger partial charge in [0, 0.05) is 10.6 Å². The smallest absolute Gasteiger partial charge is 0.291 e. The van der Waals surface area contributed by atoms with Gasteiger partial charge in [0.1, 0.15) is 12.4 Å². The molecule has 0 saturated heterocycles. The highest BCUT2D eigenvalue weighted by Crippen LogP contribution is 2.21. The SMILES string of the molecule is Cc1ccc(C(=O)Nc2ccc(Cl)cc2C#CCO)o1. The maximum Gasteiger partial charge on any atom is 0.291 e. The summed E-state index contributed by atoms with van der Waals surface area (Å²) in [6.07, 6.45) is 0. The number of anilines is 1. The molecule has 5 heteroatoms. The van der Waals surface area contributed by atoms with Gasteiger partial charge in [0.2, 0.25) is 0 Å². The molecule has 20 heavy (non-hydrogen) atoms. The van der Waals surface area contributed by atoms with Crippen LogP contribution < -0.4 is 5.32 Å². The number of aliphatic hydroxyl groups excluding tert-OH is 1. The van der Waals surface area contributed by atoms with Gasteiger partial charge in [-0.2, -0.15) is 0 Å². The predicted octanol–water partition coefficient (Wildman–Crippen LogP) is 2.84. The first-order valence-corrected chi connectivity index (χ1v) is 6.25. The molecule has 2 aromatic rings. The molecule has 0 spiro atoms. The zero-order valence-corrected chi connectivity index (χ0v) is 11.5. The van der Waals surface area contributed by atoms with Gasteiger partial charge in [-0.3, -0.25) is 4.79 Å². The lowest BCUT2D eigenvalue weighted by atomic mass is 10.1. The van der Waals surface area contributed by atoms with Gasteiger partial charge in [-0.25, -0.2) is 0 Å². The van der Waals surface area contributed by atoms with Crippen molar-refractivity contribution in [3.05, 3.63) is 52.4 Å². The summed E-state index contributed by atoms with van der Waals surface area (Å²) in [6.45, 7) is 1.49. The first kappa shape index (κ1) is 14.2. The van der Waals surface area contributed by atoms with Crippen LogP contribution in [0.15, 0.2) is 34.7 Å². The number of halogens is 1. The minimum absolute atomic E-state index is 0.221. The van der Waals surface area contributed by atoms with Gasteiger partial charge in [0.05, 0.1) is 5.69 Å². The van der Waals surface area contributed by atoms with Gasteiger partial charge in [-0.15, -0.1) is 0 Å². The summed E-state index contributed by atoms with van der Waals surface area (Å²) in [7, 11) is 0. The molecule has 0 aliphatic heterocycles. The highest BCUT2D eigenvalue weighted by atomic mass is 35.5. The molecule has 102 valence electrons. The number of furan rings is 1. The molecular weight excluding hydrogens is 278 g/mol. The number of nitrogens with one attached hydrogen (secondary N) is 1. The molecule has 0 fully saturated rings. The normalized spacial score (nSPS) is 9.75. The van der Waals surface area contributed by atoms with Gasteiger partial charge in [0.15, 0.2) is 5.76 Å². The second-order valence-electron chi connectivity index (χ2n) is 4.01. The van der Waals surface area contributed by atoms with E-state index in [1.54, 1.807) is 37.3 Å². The summed E-state index contributed by atoms with van der Waals surface area (Å²) in [5.74, 6) is 5.77. The van der Waals surface area contributed by atoms with Crippen LogP contribution in [0, 0.1) is 18.8 Å². The minimum Gasteiger partial charge on any atom is -0.456 e. The summed E-state index contributed by atoms with van der Waals surface area (Å²) < 4.78 is 5.25. The zero-order chi connectivity index (χ0) is 14.5. The Morgan fingerprint density at radius 1 is 1.40 bits per heavy atom. The Morgan fingerprint density at radius 3 is 2.85 bits per heavy atom. The first-order chi connectivity index (χ1) is 9.60. The van der Waals surface area contributed by atoms with Crippen molar-refractivity contribution in [1.29, 1.82) is 0 Å². The van der Waals surface area contributed by atoms with Crippen LogP contribution in [-0.4, -0.2) is 17.6 Å². The van der Waals surface area contributed by atoms with Crippen LogP contribution in [-0.2, 0) is 0 Å². The third-order valence-electron chi connectivity index (χ3n) is 2.50. The minimum atomic E-state index is -0.368. The van der Waals surface area contributed by atoms with Gasteiger partial charge in [0.25, 0.3) is 5.91 Å². The number of carbonyl (C=O) groups excluding carboxylic acids is 1. The standard InChI is InChI=1S/C15H12ClNO3/c1-10-4-7-14(20-10)15(19)17-13-6-5-12(16)9-11(13)3-2-8-18/h4-7,9,18H,8H2,1H3,(H,17,19). The van der Waals surface area contributed by atoms with E-state index < -0.39 is 0 Å². The van der Waals surface area contributed by atoms with E-state index in [2.05, 4.69) is 17.2 Å². The molecule has 4 nitrogen and oxygen atoms in total. The van der Waals surface area contributed by atoms with Crippen LogP contribution in [0.4, 0.5) is 5.69 Å². The lowest BCUT2D eigenvalue weighted by Crippen LogP contribution is -2.12. The van der Waals surface area contributed by atoms with E-state index in [1.165, 1.54) is 0 Å². The van der Waals surface area contributed by atoms with Crippen LogP contribution in [0.3, 0.4) is 0 Å². The van der Waals surface area contributed by atoms with E-state index in [1.807, 2.05) is 0 Å². The van der Waals surface area contributed by atoms with Crippen molar-refractivity contribution in [2.45, 2.75) is 6.92 Å². The average Bonchev–Trinajstić information content (AvgIpc) is 2.85. The topological polar surface area (TPSA) is 62.5 Å². The molecule has 0 aliphatic carbocycles. The molecule has 2 N–H and O–H groups in total. The monoisotopic (exact) mass is 289 g/mol. The molecule has 0 saturated carbocycles. The molecule has 2 rings (SSSR count). The Kier molecular flexibility index (Phi) is 4.46. The second-order valence-corrected chi connectivity index (χ2v) is 4.45. The number of rotatable bonds is 2. The van der Waals surface area contributed by atoms with Crippen molar-refractivity contribution in [3.8, 4) is 11.8 Å². The quantitative estimate of drug-likeness (QED) is 0.836. The zero-order valence-electron chi connectivity index (χ0n) is 10.7. The largest absolute Gasteiger partial charge is 0.456 e. The van der Waals surface area contributed by atoms with Gasteiger partial charge in [-0.1, -0.05) is 23.4 Å². The highest BCUT2D eigenvalue weighted by Gasteiger charge is 2.12. The third kappa shape index (κ3) is 3.41. The number of amides is 1. The van der Waals surface area contributed by atoms with E-state index in [0.717, 1.165) is 0 Å². The molecule has 0 aliphatic rings. The molecular formula is C15H12ClNO3. The summed E-state index contributed by atoms with van der Waals surface area (Å²) in [4.78, 5) is 12.0. The number of aliphatic hydroxyl groups is 1. The maximum absolute atomic E-state index is 12.0. The van der Waals surface area contributed by atoms with E-state index in [0.29, 0.717) is 22.0 Å². The Bertz CT molecular complexity index is 695. The maximum atomic E-state index is 12.0. The molecule has 0 atom stereocenters. The van der Waals surface area contributed by atoms with E-state index >= 15 is 0 Å². The fourth-order valence-corrected chi connectivity index (χ4v) is 1.78. The van der Waals surface area contributed by atoms with Crippen LogP contribution in [0.5, 0.6) is 0 Å². The van der Waals surface area contributed by atoms with Crippen molar-refractivity contribution < 1.29 is 14.3 Å². The Balaban J connectivity index is 2.26. The Morgan fingerprint density at radius 2 is 2.20 bits per heavy atom. The van der Waals surface area contributed by atoms with Crippen molar-refractivity contribution >= 4 is 23.2 Å². The number of aryl methyl sites for hydroxylation is 1. The van der Waals surface area contributed by atoms with Crippen LogP contribution >= 0.6 is 11.6 Å². The van der Waals surface area contributed by atoms with Gasteiger partial charge >= 0.3 is 0 Å². The number of hydrogen-bond donors (Lipinski definition) is 2. The van der Waals surface area contributed by atoms with E-state index in [4.69, 9.17) is 21.1 Å². The van der Waals surface area contributed by atoms with Gasteiger partial charge in [-0.05, 0) is 37.3 Å². The molecule has 1 aromatic carbocycles. The molecule has 0 radical (unpaired) electrons. The van der Waals surface area contributed by atoms with Crippen molar-refractivity contribution in [1.82, 2.24) is 0 Å². The number of carbonyl (C=O) groups is 1. The van der Waals surface area contributed by atoms with E-state index in [-0.39, 0.29) is 18.3 Å². The van der Waals surface area contributed by atoms with Crippen LogP contribution in [0.2, 0.25) is 5.02 Å². The van der Waals surface area contributed by atoms with Crippen LogP contribution in [0.1, 0.15) is 21.9 Å². The van der Waals surface area contributed by atoms with E-state index in [9.17, 15) is 4.79 Å². The molecule has 1 aromatic heterocycles. The summed E-state index contributed by atoms with van der Waals surface area (Å²) in [5.41, 5.74) is 1.04. The lowest BCUT2D eigenvalue weighted by molar-refractivity contribution is 0.0995. The fourth-order valence-electron chi connectivity index (χ4n) is 1.60. The van der Waals surface area contributed by atoms with Crippen LogP contribution in [0.25, 0.3) is 0 Å². The van der Waals surface area contributed by atoms with Gasteiger partial charge < -0.3 is 14.8 Å². The molecule has 1 amide bonds. The van der Waals surface area contributed by atoms with Crippen molar-refractivity contribution in [3.63, 3.8) is 0 Å². The first-order valence-electron chi connectivity index (χ1n) is 5.87. The molecule has 0 bridgehead atoms. The predicted molar refractivity (Wildman–Crippen MR) is 76.8 cm³/mol. The lowest BCUT2D eigenvalue weighted by Gasteiger charge is -2.06. The molecule has 1 heterocycles. The summed E-state index contributed by atoms with van der Waals surface area (Å²) in [6, 6.07) is 8.22. The highest BCUT2D eigenvalue weighted by molar-refractivity contribution is 6.30. The number of benzene rings is 1. The van der Waals surface area contributed by atoms with Crippen molar-refractivity contribution in [2.24, 2.45) is 0 Å². The number of hydrogen-bond acceptors (Lipinski definition) is 3. The van der Waals surface area contributed by atoms with Crippen molar-refractivity contribution in [2.75, 3.05) is 11.9 Å². The second kappa shape index (κ2) is 6.29. The Labute approximate surface area is 121 Å². The third-order valence-corrected chi connectivity index (χ3v) is 2.73. The summed E-state index contributed by atoms with van der Waals surface area (Å²) >= 11 is 5.89. The molecule has 0 unspecified atom stereocenters. The Hall–Kier alpha value is -2.22. The fraction of sp³-hybridized carbons (Fsp3) is 0.133. The summed E-state index contributed by atoms with van der Waals surface area (Å²) in [5, 5.41) is 11.9.